The number of benzene rings is 1. The first-order chi connectivity index (χ1) is 15.4. The Kier molecular flexibility index (Phi) is 5.07. The number of carbonyl (C=O) groups excluding carboxylic acids is 1. The van der Waals surface area contributed by atoms with Crippen LogP contribution in [0.25, 0.3) is 21.9 Å². The van der Waals surface area contributed by atoms with Gasteiger partial charge in [0.05, 0.1) is 23.1 Å². The average Bonchev–Trinajstić information content (AvgIpc) is 3.04. The molecule has 164 valence electrons. The molecule has 1 unspecified atom stereocenters. The van der Waals surface area contributed by atoms with Crippen LogP contribution >= 0.6 is 11.6 Å². The topological polar surface area (TPSA) is 105 Å². The number of nitrogens with one attached hydrogen (secondary N) is 2. The lowest BCUT2D eigenvalue weighted by atomic mass is 10.1. The summed E-state index contributed by atoms with van der Waals surface area (Å²) in [5.41, 5.74) is 2.00. The molecule has 0 radical (unpaired) electrons. The van der Waals surface area contributed by atoms with E-state index in [0.717, 1.165) is 10.8 Å². The van der Waals surface area contributed by atoms with E-state index in [1.165, 1.54) is 0 Å². The van der Waals surface area contributed by atoms with Crippen molar-refractivity contribution >= 4 is 45.1 Å². The van der Waals surface area contributed by atoms with Crippen LogP contribution in [0.5, 0.6) is 11.8 Å². The number of hydrogen-bond donors (Lipinski definition) is 2. The van der Waals surface area contributed by atoms with Gasteiger partial charge in [-0.15, -0.1) is 0 Å². The number of amides is 1. The maximum atomic E-state index is 12.5. The summed E-state index contributed by atoms with van der Waals surface area (Å²) < 4.78 is 11.7. The fourth-order valence-electron chi connectivity index (χ4n) is 3.72. The van der Waals surface area contributed by atoms with E-state index in [2.05, 4.69) is 25.6 Å². The second kappa shape index (κ2) is 7.92. The Labute approximate surface area is 188 Å². The second-order valence-electron chi connectivity index (χ2n) is 8.00. The highest BCUT2D eigenvalue weighted by molar-refractivity contribution is 6.29. The van der Waals surface area contributed by atoms with Gasteiger partial charge in [0.2, 0.25) is 17.5 Å². The molecular formula is C22H21ClN6O3. The predicted molar refractivity (Wildman–Crippen MR) is 121 cm³/mol. The quantitative estimate of drug-likeness (QED) is 0.450. The Hall–Kier alpha value is -3.43. The SMILES string of the molecule is CC1CNc2c(oc3ccc4nc(Oc5cc(Cl)nc(CN(C)C)n5)ccc4c23)C(=O)N1. The second-order valence-corrected chi connectivity index (χ2v) is 8.39. The monoisotopic (exact) mass is 452 g/mol. The number of furan rings is 1. The standard InChI is InChI=1S/C22H21ClN6O3/c1-11-9-24-20-19-12-4-7-17(32-18-8-15(23)27-16(28-18)10-29(2)3)26-13(12)5-6-14(19)31-21(20)22(30)25-11/h4-8,11,24H,9-10H2,1-3H3,(H,25,30). The van der Waals surface area contributed by atoms with Crippen LogP contribution in [0.1, 0.15) is 23.3 Å². The first-order valence-corrected chi connectivity index (χ1v) is 10.5. The first kappa shape index (κ1) is 20.5. The number of ether oxygens (including phenoxy) is 1. The summed E-state index contributed by atoms with van der Waals surface area (Å²) in [5, 5.41) is 8.21. The largest absolute Gasteiger partial charge is 0.449 e. The molecule has 10 heteroatoms. The number of rotatable bonds is 4. The van der Waals surface area contributed by atoms with Gasteiger partial charge in [-0.1, -0.05) is 11.6 Å². The summed E-state index contributed by atoms with van der Waals surface area (Å²) in [4.78, 5) is 27.7. The molecule has 1 aliphatic rings. The van der Waals surface area contributed by atoms with Gasteiger partial charge < -0.3 is 24.7 Å². The highest BCUT2D eigenvalue weighted by Gasteiger charge is 2.26. The number of hydrogen-bond acceptors (Lipinski definition) is 8. The van der Waals surface area contributed by atoms with Gasteiger partial charge in [0.1, 0.15) is 16.6 Å². The molecule has 0 aliphatic carbocycles. The zero-order chi connectivity index (χ0) is 22.4. The highest BCUT2D eigenvalue weighted by atomic mass is 35.5. The fraction of sp³-hybridized carbons (Fsp3) is 0.273. The van der Waals surface area contributed by atoms with Gasteiger partial charge in [-0.25, -0.2) is 9.97 Å². The van der Waals surface area contributed by atoms with Crippen LogP contribution in [0.4, 0.5) is 5.69 Å². The molecule has 32 heavy (non-hydrogen) atoms. The molecule has 1 aromatic carbocycles. The third kappa shape index (κ3) is 3.80. The lowest BCUT2D eigenvalue weighted by molar-refractivity contribution is 0.0920. The Balaban J connectivity index is 1.54. The molecule has 3 aromatic heterocycles. The van der Waals surface area contributed by atoms with E-state index in [9.17, 15) is 4.79 Å². The van der Waals surface area contributed by atoms with Crippen LogP contribution in [0.15, 0.2) is 34.7 Å². The third-order valence-electron chi connectivity index (χ3n) is 5.05. The summed E-state index contributed by atoms with van der Waals surface area (Å²) >= 11 is 6.13. The number of pyridine rings is 1. The number of nitrogens with zero attached hydrogens (tertiary/aromatic N) is 4. The van der Waals surface area contributed by atoms with Crippen molar-refractivity contribution in [2.24, 2.45) is 0 Å². The zero-order valence-corrected chi connectivity index (χ0v) is 18.5. The number of fused-ring (bicyclic) bond motifs is 5. The average molecular weight is 453 g/mol. The van der Waals surface area contributed by atoms with Crippen molar-refractivity contribution < 1.29 is 13.9 Å². The first-order valence-electron chi connectivity index (χ1n) is 10.1. The molecule has 0 bridgehead atoms. The normalized spacial score (nSPS) is 16.0. The lowest BCUT2D eigenvalue weighted by Gasteiger charge is -2.11. The predicted octanol–water partition coefficient (Wildman–Crippen LogP) is 3.82. The Bertz CT molecular complexity index is 1350. The summed E-state index contributed by atoms with van der Waals surface area (Å²) in [7, 11) is 3.85. The van der Waals surface area contributed by atoms with Crippen LogP contribution in [0.3, 0.4) is 0 Å². The van der Waals surface area contributed by atoms with Gasteiger partial charge in [0, 0.05) is 30.1 Å². The van der Waals surface area contributed by atoms with E-state index in [1.807, 2.05) is 38.1 Å². The minimum Gasteiger partial charge on any atom is -0.449 e. The maximum Gasteiger partial charge on any atom is 0.289 e. The van der Waals surface area contributed by atoms with Crippen molar-refractivity contribution in [3.05, 3.63) is 47.1 Å². The van der Waals surface area contributed by atoms with Crippen molar-refractivity contribution in [1.82, 2.24) is 25.2 Å². The van der Waals surface area contributed by atoms with Gasteiger partial charge in [0.15, 0.2) is 0 Å². The number of halogens is 1. The molecule has 4 heterocycles. The van der Waals surface area contributed by atoms with Crippen molar-refractivity contribution in [1.29, 1.82) is 0 Å². The molecule has 1 aliphatic heterocycles. The van der Waals surface area contributed by atoms with E-state index < -0.39 is 0 Å². The van der Waals surface area contributed by atoms with Crippen LogP contribution in [0, 0.1) is 0 Å². The van der Waals surface area contributed by atoms with Gasteiger partial charge >= 0.3 is 0 Å². The molecule has 2 N–H and O–H groups in total. The summed E-state index contributed by atoms with van der Waals surface area (Å²) in [6.45, 7) is 3.07. The van der Waals surface area contributed by atoms with Crippen molar-refractivity contribution in [3.63, 3.8) is 0 Å². The Morgan fingerprint density at radius 3 is 2.84 bits per heavy atom. The zero-order valence-electron chi connectivity index (χ0n) is 17.8. The molecule has 0 spiro atoms. The minimum atomic E-state index is -0.232. The van der Waals surface area contributed by atoms with Crippen LogP contribution in [-0.4, -0.2) is 52.4 Å². The number of anilines is 1. The van der Waals surface area contributed by atoms with Crippen molar-refractivity contribution in [3.8, 4) is 11.8 Å². The lowest BCUT2D eigenvalue weighted by Crippen LogP contribution is -2.34. The molecule has 0 saturated heterocycles. The van der Waals surface area contributed by atoms with Crippen LogP contribution in [0.2, 0.25) is 5.15 Å². The summed E-state index contributed by atoms with van der Waals surface area (Å²) in [6, 6.07) is 8.83. The van der Waals surface area contributed by atoms with E-state index in [4.69, 9.17) is 20.8 Å². The van der Waals surface area contributed by atoms with Crippen LogP contribution in [-0.2, 0) is 6.54 Å². The smallest absolute Gasteiger partial charge is 0.289 e. The van der Waals surface area contributed by atoms with E-state index in [1.54, 1.807) is 18.2 Å². The van der Waals surface area contributed by atoms with Gasteiger partial charge in [-0.2, -0.15) is 4.98 Å². The molecule has 1 atom stereocenters. The highest BCUT2D eigenvalue weighted by Crippen LogP contribution is 2.37. The molecule has 1 amide bonds. The fourth-order valence-corrected chi connectivity index (χ4v) is 3.91. The van der Waals surface area contributed by atoms with Crippen molar-refractivity contribution in [2.45, 2.75) is 19.5 Å². The van der Waals surface area contributed by atoms with Crippen molar-refractivity contribution in [2.75, 3.05) is 26.0 Å². The molecule has 9 nitrogen and oxygen atoms in total. The van der Waals surface area contributed by atoms with E-state index >= 15 is 0 Å². The molecule has 0 fully saturated rings. The van der Waals surface area contributed by atoms with Gasteiger partial charge in [-0.05, 0) is 39.2 Å². The van der Waals surface area contributed by atoms with E-state index in [-0.39, 0.29) is 17.7 Å². The maximum absolute atomic E-state index is 12.5. The molecular weight excluding hydrogens is 432 g/mol. The van der Waals surface area contributed by atoms with E-state index in [0.29, 0.717) is 52.6 Å². The molecule has 5 rings (SSSR count). The van der Waals surface area contributed by atoms with Gasteiger partial charge in [0.25, 0.3) is 5.91 Å². The van der Waals surface area contributed by atoms with Crippen LogP contribution < -0.4 is 15.4 Å². The number of aromatic nitrogens is 3. The molecule has 0 saturated carbocycles. The summed E-state index contributed by atoms with van der Waals surface area (Å²) in [6.07, 6.45) is 0. The molecule has 4 aromatic rings. The number of carbonyl (C=O) groups is 1. The summed E-state index contributed by atoms with van der Waals surface area (Å²) in [5.74, 6) is 1.29. The third-order valence-corrected chi connectivity index (χ3v) is 5.24. The Morgan fingerprint density at radius 2 is 2.03 bits per heavy atom. The minimum absolute atomic E-state index is 0.00896. The Morgan fingerprint density at radius 1 is 1.19 bits per heavy atom. The van der Waals surface area contributed by atoms with Gasteiger partial charge in [-0.3, -0.25) is 4.79 Å².